The summed E-state index contributed by atoms with van der Waals surface area (Å²) in [5.74, 6) is 0.829. The number of aliphatic hydroxyl groups is 1. The number of ether oxygens (including phenoxy) is 1. The Morgan fingerprint density at radius 1 is 1.22 bits per heavy atom. The number of aryl methyl sites for hydroxylation is 1. The molecule has 0 aromatic heterocycles. The Balaban J connectivity index is 2.07. The van der Waals surface area contributed by atoms with Crippen LogP contribution in [-0.2, 0) is 13.0 Å². The zero-order valence-electron chi connectivity index (χ0n) is 13.2. The Labute approximate surface area is 134 Å². The number of nitrogens with one attached hydrogen (secondary N) is 1. The molecular formula is C17H20N2O4. The van der Waals surface area contributed by atoms with Crippen LogP contribution >= 0.6 is 0 Å². The highest BCUT2D eigenvalue weighted by Crippen LogP contribution is 2.26. The molecule has 0 unspecified atom stereocenters. The first-order valence-electron chi connectivity index (χ1n) is 7.30. The minimum atomic E-state index is -0.432. The van der Waals surface area contributed by atoms with Crippen LogP contribution in [0.15, 0.2) is 36.4 Å². The van der Waals surface area contributed by atoms with Crippen molar-refractivity contribution >= 4 is 11.4 Å². The van der Waals surface area contributed by atoms with Crippen LogP contribution in [0.25, 0.3) is 0 Å². The highest BCUT2D eigenvalue weighted by molar-refractivity contribution is 5.62. The number of nitro groups is 1. The van der Waals surface area contributed by atoms with Gasteiger partial charge in [-0.2, -0.15) is 0 Å². The van der Waals surface area contributed by atoms with Gasteiger partial charge < -0.3 is 15.2 Å². The van der Waals surface area contributed by atoms with Gasteiger partial charge in [0.1, 0.15) is 11.4 Å². The molecule has 0 spiro atoms. The van der Waals surface area contributed by atoms with E-state index in [1.807, 2.05) is 25.1 Å². The molecule has 0 aliphatic heterocycles. The molecule has 2 aromatic rings. The number of benzene rings is 2. The minimum Gasteiger partial charge on any atom is -0.496 e. The van der Waals surface area contributed by atoms with Crippen molar-refractivity contribution in [2.75, 3.05) is 19.0 Å². The van der Waals surface area contributed by atoms with Crippen molar-refractivity contribution in [2.45, 2.75) is 20.0 Å². The van der Waals surface area contributed by atoms with Gasteiger partial charge in [-0.1, -0.05) is 12.1 Å². The highest BCUT2D eigenvalue weighted by Gasteiger charge is 2.13. The Kier molecular flexibility index (Phi) is 5.54. The molecule has 0 radical (unpaired) electrons. The lowest BCUT2D eigenvalue weighted by molar-refractivity contribution is -0.384. The van der Waals surface area contributed by atoms with Gasteiger partial charge in [0, 0.05) is 12.6 Å². The van der Waals surface area contributed by atoms with E-state index in [9.17, 15) is 10.1 Å². The first-order valence-corrected chi connectivity index (χ1v) is 7.30. The highest BCUT2D eigenvalue weighted by atomic mass is 16.6. The average Bonchev–Trinajstić information content (AvgIpc) is 2.56. The maximum Gasteiger partial charge on any atom is 0.292 e. The molecule has 0 aliphatic rings. The first kappa shape index (κ1) is 16.8. The molecule has 122 valence electrons. The van der Waals surface area contributed by atoms with Crippen LogP contribution in [0.4, 0.5) is 11.4 Å². The largest absolute Gasteiger partial charge is 0.496 e. The van der Waals surface area contributed by atoms with E-state index in [0.717, 1.165) is 16.9 Å². The molecule has 0 bridgehead atoms. The van der Waals surface area contributed by atoms with Crippen LogP contribution < -0.4 is 10.1 Å². The maximum atomic E-state index is 11.1. The SMILES string of the molecule is COc1cc(CCNc2cc(CO)ccc2[N+](=O)[O-])ccc1C. The molecule has 2 aromatic carbocycles. The molecule has 6 heteroatoms. The van der Waals surface area contributed by atoms with E-state index in [-0.39, 0.29) is 12.3 Å². The summed E-state index contributed by atoms with van der Waals surface area (Å²) >= 11 is 0. The number of anilines is 1. The zero-order valence-corrected chi connectivity index (χ0v) is 13.2. The van der Waals surface area contributed by atoms with Gasteiger partial charge in [-0.3, -0.25) is 10.1 Å². The van der Waals surface area contributed by atoms with Crippen LogP contribution in [0.1, 0.15) is 16.7 Å². The predicted molar refractivity (Wildman–Crippen MR) is 88.9 cm³/mol. The van der Waals surface area contributed by atoms with Crippen LogP contribution in [0.5, 0.6) is 5.75 Å². The molecule has 0 saturated carbocycles. The third-order valence-corrected chi connectivity index (χ3v) is 3.64. The number of hydrogen-bond donors (Lipinski definition) is 2. The third-order valence-electron chi connectivity index (χ3n) is 3.64. The molecular weight excluding hydrogens is 296 g/mol. The van der Waals surface area contributed by atoms with Crippen molar-refractivity contribution < 1.29 is 14.8 Å². The van der Waals surface area contributed by atoms with E-state index in [1.165, 1.54) is 6.07 Å². The van der Waals surface area contributed by atoms with E-state index < -0.39 is 4.92 Å². The number of nitro benzene ring substituents is 1. The fourth-order valence-corrected chi connectivity index (χ4v) is 2.34. The Bertz CT molecular complexity index is 701. The van der Waals surface area contributed by atoms with Gasteiger partial charge in [0.25, 0.3) is 5.69 Å². The second-order valence-electron chi connectivity index (χ2n) is 5.25. The fourth-order valence-electron chi connectivity index (χ4n) is 2.34. The van der Waals surface area contributed by atoms with Crippen LogP contribution in [0.3, 0.4) is 0 Å². The van der Waals surface area contributed by atoms with Gasteiger partial charge in [-0.25, -0.2) is 0 Å². The summed E-state index contributed by atoms with van der Waals surface area (Å²) in [6.07, 6.45) is 0.706. The van der Waals surface area contributed by atoms with Gasteiger partial charge in [-0.05, 0) is 48.2 Å². The summed E-state index contributed by atoms with van der Waals surface area (Å²) in [4.78, 5) is 10.6. The van der Waals surface area contributed by atoms with Crippen LogP contribution in [0, 0.1) is 17.0 Å². The standard InChI is InChI=1S/C17H20N2O4/c1-12-3-4-13(10-17(12)23-2)7-8-18-15-9-14(11-20)5-6-16(15)19(21)22/h3-6,9-10,18,20H,7-8,11H2,1-2H3. The number of aliphatic hydroxyl groups excluding tert-OH is 1. The number of methoxy groups -OCH3 is 1. The number of nitrogens with zero attached hydrogens (tertiary/aromatic N) is 1. The normalized spacial score (nSPS) is 10.4. The molecule has 0 heterocycles. The molecule has 2 N–H and O–H groups in total. The maximum absolute atomic E-state index is 11.1. The molecule has 0 atom stereocenters. The van der Waals surface area contributed by atoms with E-state index in [2.05, 4.69) is 5.32 Å². The van der Waals surface area contributed by atoms with E-state index >= 15 is 0 Å². The van der Waals surface area contributed by atoms with Crippen molar-refractivity contribution in [2.24, 2.45) is 0 Å². The van der Waals surface area contributed by atoms with E-state index in [0.29, 0.717) is 24.2 Å². The molecule has 0 saturated heterocycles. The zero-order chi connectivity index (χ0) is 16.8. The van der Waals surface area contributed by atoms with E-state index in [1.54, 1.807) is 19.2 Å². The Morgan fingerprint density at radius 2 is 1.96 bits per heavy atom. The monoisotopic (exact) mass is 316 g/mol. The lowest BCUT2D eigenvalue weighted by Crippen LogP contribution is -2.07. The summed E-state index contributed by atoms with van der Waals surface area (Å²) in [5.41, 5.74) is 3.20. The summed E-state index contributed by atoms with van der Waals surface area (Å²) in [6.45, 7) is 2.37. The van der Waals surface area contributed by atoms with Crippen LogP contribution in [0.2, 0.25) is 0 Å². The Hall–Kier alpha value is -2.60. The molecule has 0 amide bonds. The van der Waals surface area contributed by atoms with Crippen LogP contribution in [-0.4, -0.2) is 23.7 Å². The van der Waals surface area contributed by atoms with Crippen molar-refractivity contribution in [3.05, 3.63) is 63.2 Å². The topological polar surface area (TPSA) is 84.6 Å². The smallest absolute Gasteiger partial charge is 0.292 e. The molecule has 0 aliphatic carbocycles. The fraction of sp³-hybridized carbons (Fsp3) is 0.294. The summed E-state index contributed by atoms with van der Waals surface area (Å²) in [5, 5.41) is 23.3. The molecule has 0 fully saturated rings. The first-order chi connectivity index (χ1) is 11.0. The third kappa shape index (κ3) is 4.20. The summed E-state index contributed by atoms with van der Waals surface area (Å²) < 4.78 is 5.29. The van der Waals surface area contributed by atoms with Crippen molar-refractivity contribution in [1.29, 1.82) is 0 Å². The average molecular weight is 316 g/mol. The lowest BCUT2D eigenvalue weighted by Gasteiger charge is -2.10. The molecule has 2 rings (SSSR count). The van der Waals surface area contributed by atoms with Crippen molar-refractivity contribution in [3.63, 3.8) is 0 Å². The number of hydrogen-bond acceptors (Lipinski definition) is 5. The summed E-state index contributed by atoms with van der Waals surface area (Å²) in [6, 6.07) is 10.5. The predicted octanol–water partition coefficient (Wildman–Crippen LogP) is 3.06. The van der Waals surface area contributed by atoms with Crippen molar-refractivity contribution in [3.8, 4) is 5.75 Å². The van der Waals surface area contributed by atoms with Gasteiger partial charge in [-0.15, -0.1) is 0 Å². The van der Waals surface area contributed by atoms with E-state index in [4.69, 9.17) is 9.84 Å². The van der Waals surface area contributed by atoms with Gasteiger partial charge in [0.2, 0.25) is 0 Å². The second-order valence-corrected chi connectivity index (χ2v) is 5.25. The minimum absolute atomic E-state index is 0.00341. The lowest BCUT2D eigenvalue weighted by atomic mass is 10.1. The quantitative estimate of drug-likeness (QED) is 0.606. The van der Waals surface area contributed by atoms with Gasteiger partial charge in [0.15, 0.2) is 0 Å². The summed E-state index contributed by atoms with van der Waals surface area (Å²) in [7, 11) is 1.63. The molecule has 23 heavy (non-hydrogen) atoms. The Morgan fingerprint density at radius 3 is 2.61 bits per heavy atom. The van der Waals surface area contributed by atoms with Gasteiger partial charge in [0.05, 0.1) is 18.6 Å². The second kappa shape index (κ2) is 7.60. The van der Waals surface area contributed by atoms with Crippen molar-refractivity contribution in [1.82, 2.24) is 0 Å². The number of rotatable bonds is 7. The molecule has 6 nitrogen and oxygen atoms in total. The van der Waals surface area contributed by atoms with Gasteiger partial charge >= 0.3 is 0 Å².